The van der Waals surface area contributed by atoms with Crippen LogP contribution in [0.25, 0.3) is 0 Å². The molecule has 0 aromatic rings. The van der Waals surface area contributed by atoms with E-state index in [0.717, 1.165) is 24.3 Å². The van der Waals surface area contributed by atoms with Gasteiger partial charge in [-0.15, -0.1) is 0 Å². The number of amides is 2. The predicted molar refractivity (Wildman–Crippen MR) is 68.3 cm³/mol. The highest BCUT2D eigenvalue weighted by atomic mass is 32.2. The fourth-order valence-electron chi connectivity index (χ4n) is 1.81. The quantitative estimate of drug-likeness (QED) is 0.714. The monoisotopic (exact) mass is 260 g/mol. The number of aliphatic carboxylic acids is 1. The first-order valence-corrected chi connectivity index (χ1v) is 6.93. The summed E-state index contributed by atoms with van der Waals surface area (Å²) < 4.78 is 0. The Labute approximate surface area is 106 Å². The number of hydrogen-bond donors (Lipinski definition) is 3. The van der Waals surface area contributed by atoms with Gasteiger partial charge >= 0.3 is 12.0 Å². The van der Waals surface area contributed by atoms with Crippen molar-refractivity contribution in [3.8, 4) is 0 Å². The third-order valence-corrected chi connectivity index (χ3v) is 3.76. The maximum Gasteiger partial charge on any atom is 0.315 e. The second-order valence-electron chi connectivity index (χ2n) is 4.97. The molecule has 17 heavy (non-hydrogen) atoms. The van der Waals surface area contributed by atoms with Crippen molar-refractivity contribution < 1.29 is 14.7 Å². The van der Waals surface area contributed by atoms with Gasteiger partial charge in [0.05, 0.1) is 6.42 Å². The molecule has 0 bridgehead atoms. The third kappa shape index (κ3) is 5.81. The minimum absolute atomic E-state index is 0.0835. The number of carbonyl (C=O) groups is 2. The maximum absolute atomic E-state index is 11.7. The molecule has 1 saturated heterocycles. The molecule has 1 aliphatic heterocycles. The van der Waals surface area contributed by atoms with Crippen molar-refractivity contribution in [1.29, 1.82) is 0 Å². The van der Waals surface area contributed by atoms with Crippen molar-refractivity contribution in [2.45, 2.75) is 44.7 Å². The summed E-state index contributed by atoms with van der Waals surface area (Å²) in [6, 6.07) is -0.0712. The number of carboxylic acids is 1. The van der Waals surface area contributed by atoms with Gasteiger partial charge in [0, 0.05) is 17.3 Å². The zero-order valence-electron chi connectivity index (χ0n) is 10.3. The van der Waals surface area contributed by atoms with Crippen LogP contribution in [0.3, 0.4) is 0 Å². The number of rotatable bonds is 4. The van der Waals surface area contributed by atoms with Crippen LogP contribution in [0.5, 0.6) is 0 Å². The smallest absolute Gasteiger partial charge is 0.315 e. The van der Waals surface area contributed by atoms with Crippen LogP contribution in [-0.4, -0.2) is 40.2 Å². The minimum Gasteiger partial charge on any atom is -0.481 e. The van der Waals surface area contributed by atoms with Gasteiger partial charge in [-0.2, -0.15) is 11.8 Å². The molecule has 5 nitrogen and oxygen atoms in total. The second-order valence-corrected chi connectivity index (χ2v) is 6.12. The van der Waals surface area contributed by atoms with Gasteiger partial charge in [-0.1, -0.05) is 0 Å². The van der Waals surface area contributed by atoms with Crippen LogP contribution in [0.1, 0.15) is 33.1 Å². The third-order valence-electron chi connectivity index (χ3n) is 2.54. The highest BCUT2D eigenvalue weighted by Gasteiger charge is 2.25. The van der Waals surface area contributed by atoms with E-state index in [4.69, 9.17) is 5.11 Å². The summed E-state index contributed by atoms with van der Waals surface area (Å²) in [5.74, 6) is 1.18. The van der Waals surface area contributed by atoms with Crippen LogP contribution in [0, 0.1) is 0 Å². The second kappa shape index (κ2) is 6.14. The molecule has 1 heterocycles. The molecule has 1 fully saturated rings. The van der Waals surface area contributed by atoms with E-state index >= 15 is 0 Å². The Morgan fingerprint density at radius 2 is 2.18 bits per heavy atom. The van der Waals surface area contributed by atoms with E-state index in [2.05, 4.69) is 10.6 Å². The van der Waals surface area contributed by atoms with Crippen molar-refractivity contribution >= 4 is 23.8 Å². The summed E-state index contributed by atoms with van der Waals surface area (Å²) in [7, 11) is 0. The highest BCUT2D eigenvalue weighted by Crippen LogP contribution is 2.17. The topological polar surface area (TPSA) is 78.4 Å². The highest BCUT2D eigenvalue weighted by molar-refractivity contribution is 7.99. The average molecular weight is 260 g/mol. The lowest BCUT2D eigenvalue weighted by atomic mass is 10.0. The Bertz CT molecular complexity index is 288. The van der Waals surface area contributed by atoms with Gasteiger partial charge in [-0.3, -0.25) is 4.79 Å². The standard InChI is InChI=1S/C11H20N2O3S/c1-11(2,6-9(14)15)13-10(16)12-8-4-3-5-17-7-8/h8H,3-7H2,1-2H3,(H,14,15)(H2,12,13,16). The Hall–Kier alpha value is -0.910. The number of carboxylic acid groups (broad SMARTS) is 1. The van der Waals surface area contributed by atoms with E-state index in [-0.39, 0.29) is 18.5 Å². The molecule has 2 amide bonds. The van der Waals surface area contributed by atoms with E-state index in [0.29, 0.717) is 0 Å². The first-order chi connectivity index (χ1) is 7.89. The Balaban J connectivity index is 2.34. The zero-order chi connectivity index (χ0) is 12.9. The summed E-state index contributed by atoms with van der Waals surface area (Å²) in [5, 5.41) is 14.3. The van der Waals surface area contributed by atoms with Crippen molar-refractivity contribution in [1.82, 2.24) is 10.6 Å². The lowest BCUT2D eigenvalue weighted by Crippen LogP contribution is -2.52. The van der Waals surface area contributed by atoms with Gasteiger partial charge < -0.3 is 15.7 Å². The molecule has 3 N–H and O–H groups in total. The van der Waals surface area contributed by atoms with Crippen LogP contribution in [0.4, 0.5) is 4.79 Å². The fourth-order valence-corrected chi connectivity index (χ4v) is 2.88. The van der Waals surface area contributed by atoms with Crippen LogP contribution in [0.15, 0.2) is 0 Å². The molecule has 0 aromatic heterocycles. The largest absolute Gasteiger partial charge is 0.481 e. The Kier molecular flexibility index (Phi) is 5.11. The van der Waals surface area contributed by atoms with Gasteiger partial charge in [0.15, 0.2) is 0 Å². The number of nitrogens with one attached hydrogen (secondary N) is 2. The van der Waals surface area contributed by atoms with Gasteiger partial charge in [0.1, 0.15) is 0 Å². The van der Waals surface area contributed by atoms with Crippen LogP contribution in [0.2, 0.25) is 0 Å². The van der Waals surface area contributed by atoms with Crippen molar-refractivity contribution in [3.63, 3.8) is 0 Å². The van der Waals surface area contributed by atoms with Gasteiger partial charge in [-0.05, 0) is 32.4 Å². The molecule has 1 atom stereocenters. The van der Waals surface area contributed by atoms with Crippen molar-refractivity contribution in [2.75, 3.05) is 11.5 Å². The summed E-state index contributed by atoms with van der Waals surface area (Å²) in [4.78, 5) is 22.3. The lowest BCUT2D eigenvalue weighted by molar-refractivity contribution is -0.138. The van der Waals surface area contributed by atoms with E-state index in [1.165, 1.54) is 0 Å². The number of urea groups is 1. The molecule has 0 saturated carbocycles. The molecule has 0 aliphatic carbocycles. The molecule has 0 aromatic carbocycles. The van der Waals surface area contributed by atoms with Crippen molar-refractivity contribution in [2.24, 2.45) is 0 Å². The minimum atomic E-state index is -0.913. The summed E-state index contributed by atoms with van der Waals surface area (Å²) in [5.41, 5.74) is -0.724. The molecular weight excluding hydrogens is 240 g/mol. The predicted octanol–water partition coefficient (Wildman–Crippen LogP) is 1.43. The Morgan fingerprint density at radius 3 is 2.71 bits per heavy atom. The van der Waals surface area contributed by atoms with Crippen LogP contribution in [-0.2, 0) is 4.79 Å². The molecule has 0 spiro atoms. The van der Waals surface area contributed by atoms with Gasteiger partial charge in [0.2, 0.25) is 0 Å². The summed E-state index contributed by atoms with van der Waals surface area (Å²) in [6.45, 7) is 3.41. The van der Waals surface area contributed by atoms with E-state index in [1.54, 1.807) is 13.8 Å². The van der Waals surface area contributed by atoms with E-state index < -0.39 is 11.5 Å². The van der Waals surface area contributed by atoms with Crippen LogP contribution < -0.4 is 10.6 Å². The molecule has 98 valence electrons. The molecular formula is C11H20N2O3S. The first kappa shape index (κ1) is 14.2. The molecule has 6 heteroatoms. The normalized spacial score (nSPS) is 20.7. The molecule has 1 unspecified atom stereocenters. The lowest BCUT2D eigenvalue weighted by Gasteiger charge is -2.28. The first-order valence-electron chi connectivity index (χ1n) is 5.77. The van der Waals surface area contributed by atoms with E-state index in [9.17, 15) is 9.59 Å². The van der Waals surface area contributed by atoms with Crippen LogP contribution >= 0.6 is 11.8 Å². The number of hydrogen-bond acceptors (Lipinski definition) is 3. The average Bonchev–Trinajstić information content (AvgIpc) is 2.15. The number of thioether (sulfide) groups is 1. The molecule has 0 radical (unpaired) electrons. The maximum atomic E-state index is 11.7. The Morgan fingerprint density at radius 1 is 1.47 bits per heavy atom. The summed E-state index contributed by atoms with van der Waals surface area (Å²) >= 11 is 1.84. The number of carbonyl (C=O) groups excluding carboxylic acids is 1. The van der Waals surface area contributed by atoms with Crippen molar-refractivity contribution in [3.05, 3.63) is 0 Å². The molecule has 1 aliphatic rings. The molecule has 1 rings (SSSR count). The SMILES string of the molecule is CC(C)(CC(=O)O)NC(=O)NC1CCCSC1. The van der Waals surface area contributed by atoms with Gasteiger partial charge in [-0.25, -0.2) is 4.79 Å². The fraction of sp³-hybridized carbons (Fsp3) is 0.818. The van der Waals surface area contributed by atoms with E-state index in [1.807, 2.05) is 11.8 Å². The summed E-state index contributed by atoms with van der Waals surface area (Å²) in [6.07, 6.45) is 2.04. The zero-order valence-corrected chi connectivity index (χ0v) is 11.1. The van der Waals surface area contributed by atoms with Gasteiger partial charge in [0.25, 0.3) is 0 Å².